The summed E-state index contributed by atoms with van der Waals surface area (Å²) in [5.74, 6) is -1.24. The highest BCUT2D eigenvalue weighted by atomic mass is 16.8. The zero-order valence-corrected chi connectivity index (χ0v) is 11.9. The van der Waals surface area contributed by atoms with Gasteiger partial charge in [0.2, 0.25) is 0 Å². The summed E-state index contributed by atoms with van der Waals surface area (Å²) in [6.07, 6.45) is 1.73. The number of primary amides is 1. The molecule has 0 bridgehead atoms. The summed E-state index contributed by atoms with van der Waals surface area (Å²) >= 11 is 0. The van der Waals surface area contributed by atoms with Gasteiger partial charge in [0, 0.05) is 6.07 Å². The lowest BCUT2D eigenvalue weighted by Crippen LogP contribution is -2.46. The molecular formula is C14H19N2O5+. The number of fused-ring (bicyclic) bond motifs is 1. The maximum absolute atomic E-state index is 11.3. The number of rotatable bonds is 3. The molecule has 3 rings (SSSR count). The number of nitrogens with zero attached hydrogens (tertiary/aromatic N) is 1. The summed E-state index contributed by atoms with van der Waals surface area (Å²) in [4.78, 5) is 11.3. The first-order valence-electron chi connectivity index (χ1n) is 6.84. The molecule has 1 aromatic heterocycles. The van der Waals surface area contributed by atoms with Crippen molar-refractivity contribution in [3.63, 3.8) is 0 Å². The van der Waals surface area contributed by atoms with Crippen molar-refractivity contribution in [3.05, 3.63) is 30.1 Å². The second kappa shape index (κ2) is 5.03. The maximum atomic E-state index is 11.3. The van der Waals surface area contributed by atoms with Gasteiger partial charge in [-0.3, -0.25) is 4.79 Å². The normalized spacial score (nSPS) is 33.9. The third-order valence-corrected chi connectivity index (χ3v) is 3.71. The molecule has 21 heavy (non-hydrogen) atoms. The van der Waals surface area contributed by atoms with Gasteiger partial charge in [0.05, 0.1) is 6.61 Å². The van der Waals surface area contributed by atoms with Gasteiger partial charge in [-0.15, -0.1) is 0 Å². The summed E-state index contributed by atoms with van der Waals surface area (Å²) in [5.41, 5.74) is 5.67. The van der Waals surface area contributed by atoms with Crippen molar-refractivity contribution >= 4 is 5.91 Å². The fraction of sp³-hybridized carbons (Fsp3) is 0.571. The van der Waals surface area contributed by atoms with Crippen LogP contribution >= 0.6 is 0 Å². The van der Waals surface area contributed by atoms with E-state index in [2.05, 4.69) is 0 Å². The summed E-state index contributed by atoms with van der Waals surface area (Å²) in [5, 5.41) is 9.45. The predicted octanol–water partition coefficient (Wildman–Crippen LogP) is -0.517. The Bertz CT molecular complexity index is 562. The van der Waals surface area contributed by atoms with Crippen LogP contribution in [0.3, 0.4) is 0 Å². The number of amides is 1. The average molecular weight is 295 g/mol. The van der Waals surface area contributed by atoms with Gasteiger partial charge in [-0.05, 0) is 19.9 Å². The quantitative estimate of drug-likeness (QED) is 0.732. The molecule has 2 aliphatic heterocycles. The summed E-state index contributed by atoms with van der Waals surface area (Å²) in [6.45, 7) is 3.48. The molecule has 0 aliphatic carbocycles. The molecular weight excluding hydrogens is 276 g/mol. The van der Waals surface area contributed by atoms with Gasteiger partial charge in [0.15, 0.2) is 24.3 Å². The minimum absolute atomic E-state index is 0.160. The van der Waals surface area contributed by atoms with Crippen molar-refractivity contribution in [1.82, 2.24) is 0 Å². The van der Waals surface area contributed by atoms with Crippen LogP contribution in [-0.2, 0) is 14.2 Å². The number of aromatic nitrogens is 1. The topological polar surface area (TPSA) is 94.9 Å². The molecule has 3 N–H and O–H groups in total. The highest BCUT2D eigenvalue weighted by molar-refractivity contribution is 5.92. The molecule has 0 unspecified atom stereocenters. The lowest BCUT2D eigenvalue weighted by Gasteiger charge is -2.21. The zero-order chi connectivity index (χ0) is 15.2. The van der Waals surface area contributed by atoms with Gasteiger partial charge in [-0.25, -0.2) is 0 Å². The Hall–Kier alpha value is -1.54. The van der Waals surface area contributed by atoms with Crippen LogP contribution in [0.1, 0.15) is 30.4 Å². The molecule has 2 saturated heterocycles. The third-order valence-electron chi connectivity index (χ3n) is 3.71. The lowest BCUT2D eigenvalue weighted by molar-refractivity contribution is -0.766. The molecule has 2 aliphatic rings. The van der Waals surface area contributed by atoms with Crippen molar-refractivity contribution in [2.24, 2.45) is 5.73 Å². The Morgan fingerprint density at radius 3 is 2.81 bits per heavy atom. The minimum Gasteiger partial charge on any atom is -0.394 e. The third kappa shape index (κ3) is 2.53. The second-order valence-corrected chi connectivity index (χ2v) is 5.72. The van der Waals surface area contributed by atoms with E-state index in [9.17, 15) is 9.90 Å². The molecule has 3 heterocycles. The number of hydrogen-bond donors (Lipinski definition) is 2. The molecule has 7 nitrogen and oxygen atoms in total. The van der Waals surface area contributed by atoms with Gasteiger partial charge >= 0.3 is 0 Å². The van der Waals surface area contributed by atoms with E-state index in [1.54, 1.807) is 29.1 Å². The van der Waals surface area contributed by atoms with Crippen LogP contribution in [0.5, 0.6) is 0 Å². The van der Waals surface area contributed by atoms with Crippen LogP contribution in [0.15, 0.2) is 24.5 Å². The standard InChI is InChI=1S/C14H18N2O5/c1-14(2)20-10-9(7-17)19-13(11(10)21-14)16-5-3-4-8(6-16)12(15)18/h3-6,9-11,13,17H,7H2,1-2H3,(H-,15,18)/p+1/t9-,10-,11-,13-/m1/s1. The first kappa shape index (κ1) is 14.4. The first-order chi connectivity index (χ1) is 9.91. The Morgan fingerprint density at radius 1 is 1.43 bits per heavy atom. The number of pyridine rings is 1. The highest BCUT2D eigenvalue weighted by Gasteiger charge is 2.58. The number of aliphatic hydroxyl groups is 1. The van der Waals surface area contributed by atoms with E-state index in [0.29, 0.717) is 5.56 Å². The van der Waals surface area contributed by atoms with E-state index in [1.807, 2.05) is 13.8 Å². The predicted molar refractivity (Wildman–Crippen MR) is 70.0 cm³/mol. The SMILES string of the molecule is CC1(C)O[C@@H]2[C@H](O1)[C@@H](CO)O[C@H]2[n+]1cccc(C(N)=O)c1. The molecule has 0 aromatic carbocycles. The Balaban J connectivity index is 1.92. The fourth-order valence-electron chi connectivity index (χ4n) is 2.84. The van der Waals surface area contributed by atoms with Crippen molar-refractivity contribution in [2.75, 3.05) is 6.61 Å². The summed E-state index contributed by atoms with van der Waals surface area (Å²) in [7, 11) is 0. The zero-order valence-electron chi connectivity index (χ0n) is 11.9. The molecule has 4 atom stereocenters. The van der Waals surface area contributed by atoms with E-state index in [0.717, 1.165) is 0 Å². The van der Waals surface area contributed by atoms with Crippen molar-refractivity contribution < 1.29 is 28.7 Å². The van der Waals surface area contributed by atoms with Gasteiger partial charge in [-0.1, -0.05) is 0 Å². The van der Waals surface area contributed by atoms with Gasteiger partial charge < -0.3 is 25.1 Å². The van der Waals surface area contributed by atoms with Crippen molar-refractivity contribution in [3.8, 4) is 0 Å². The molecule has 0 saturated carbocycles. The smallest absolute Gasteiger partial charge is 0.292 e. The molecule has 0 spiro atoms. The average Bonchev–Trinajstić information content (AvgIpc) is 2.91. The van der Waals surface area contributed by atoms with E-state index in [1.165, 1.54) is 0 Å². The summed E-state index contributed by atoms with van der Waals surface area (Å²) in [6, 6.07) is 3.34. The number of hydrogen-bond acceptors (Lipinski definition) is 5. The van der Waals surface area contributed by atoms with E-state index >= 15 is 0 Å². The van der Waals surface area contributed by atoms with Crippen LogP contribution in [0.2, 0.25) is 0 Å². The lowest BCUT2D eigenvalue weighted by atomic mass is 10.1. The number of carbonyl (C=O) groups excluding carboxylic acids is 1. The number of ether oxygens (including phenoxy) is 3. The van der Waals surface area contributed by atoms with Gasteiger partial charge in [-0.2, -0.15) is 4.57 Å². The monoisotopic (exact) mass is 295 g/mol. The van der Waals surface area contributed by atoms with E-state index in [-0.39, 0.29) is 18.8 Å². The van der Waals surface area contributed by atoms with Gasteiger partial charge in [0.1, 0.15) is 17.8 Å². The van der Waals surface area contributed by atoms with Crippen molar-refractivity contribution in [2.45, 2.75) is 44.2 Å². The Morgan fingerprint density at radius 2 is 2.14 bits per heavy atom. The van der Waals surface area contributed by atoms with Crippen LogP contribution in [0.4, 0.5) is 0 Å². The minimum atomic E-state index is -0.730. The second-order valence-electron chi connectivity index (χ2n) is 5.72. The number of aliphatic hydroxyl groups excluding tert-OH is 1. The molecule has 7 heteroatoms. The highest BCUT2D eigenvalue weighted by Crippen LogP contribution is 2.40. The first-order valence-corrected chi connectivity index (χ1v) is 6.84. The molecule has 2 fully saturated rings. The fourth-order valence-corrected chi connectivity index (χ4v) is 2.84. The summed E-state index contributed by atoms with van der Waals surface area (Å²) < 4.78 is 19.2. The Labute approximate surface area is 122 Å². The maximum Gasteiger partial charge on any atom is 0.292 e. The van der Waals surface area contributed by atoms with Crippen molar-refractivity contribution in [1.29, 1.82) is 0 Å². The van der Waals surface area contributed by atoms with Crippen LogP contribution < -0.4 is 10.3 Å². The Kier molecular flexibility index (Phi) is 3.45. The van der Waals surface area contributed by atoms with E-state index < -0.39 is 24.0 Å². The number of carbonyl (C=O) groups is 1. The van der Waals surface area contributed by atoms with E-state index in [4.69, 9.17) is 19.9 Å². The molecule has 0 radical (unpaired) electrons. The molecule has 1 aromatic rings. The van der Waals surface area contributed by atoms with Crippen LogP contribution in [0.25, 0.3) is 0 Å². The molecule has 114 valence electrons. The van der Waals surface area contributed by atoms with Gasteiger partial charge in [0.25, 0.3) is 12.1 Å². The number of nitrogens with two attached hydrogens (primary N) is 1. The molecule has 1 amide bonds. The van der Waals surface area contributed by atoms with Crippen LogP contribution in [0, 0.1) is 0 Å². The van der Waals surface area contributed by atoms with Crippen LogP contribution in [-0.4, -0.2) is 41.7 Å². The largest absolute Gasteiger partial charge is 0.394 e.